The number of sulfonamides is 1. The van der Waals surface area contributed by atoms with Crippen molar-refractivity contribution < 1.29 is 27.4 Å². The first-order valence-corrected chi connectivity index (χ1v) is 11.7. The summed E-state index contributed by atoms with van der Waals surface area (Å²) in [4.78, 5) is 12.3. The van der Waals surface area contributed by atoms with Crippen LogP contribution in [-0.2, 0) is 19.6 Å². The second kappa shape index (κ2) is 9.97. The zero-order valence-corrected chi connectivity index (χ0v) is 17.2. The van der Waals surface area contributed by atoms with Crippen molar-refractivity contribution in [2.75, 3.05) is 6.61 Å². The second-order valence-corrected chi connectivity index (χ2v) is 9.56. The number of carbonyl (C=O) groups is 1. The molecule has 1 saturated heterocycles. The highest BCUT2D eigenvalue weighted by Crippen LogP contribution is 2.24. The molecule has 2 fully saturated rings. The fraction of sp³-hybridized carbons (Fsp3) is 0.650. The summed E-state index contributed by atoms with van der Waals surface area (Å²) >= 11 is 0. The molecular formula is C20H29FN2O5S. The summed E-state index contributed by atoms with van der Waals surface area (Å²) < 4.78 is 46.4. The molecule has 3 rings (SSSR count). The Bertz CT molecular complexity index is 781. The molecule has 0 unspecified atom stereocenters. The van der Waals surface area contributed by atoms with E-state index in [9.17, 15) is 22.7 Å². The first kappa shape index (κ1) is 22.1. The Morgan fingerprint density at radius 3 is 2.45 bits per heavy atom. The van der Waals surface area contributed by atoms with Gasteiger partial charge in [0.15, 0.2) is 0 Å². The number of carbonyl (C=O) groups excluding carboxylic acids is 1. The van der Waals surface area contributed by atoms with E-state index in [-0.39, 0.29) is 36.0 Å². The van der Waals surface area contributed by atoms with Crippen molar-refractivity contribution in [1.82, 2.24) is 10.0 Å². The topological polar surface area (TPSA) is 105 Å². The number of aliphatic hydroxyl groups excluding tert-OH is 1. The fourth-order valence-corrected chi connectivity index (χ4v) is 5.34. The maximum Gasteiger partial charge on any atom is 0.240 e. The van der Waals surface area contributed by atoms with Gasteiger partial charge in [0, 0.05) is 6.04 Å². The van der Waals surface area contributed by atoms with Gasteiger partial charge in [0.2, 0.25) is 15.9 Å². The zero-order chi connectivity index (χ0) is 20.9. The third-order valence-electron chi connectivity index (χ3n) is 5.61. The van der Waals surface area contributed by atoms with E-state index >= 15 is 0 Å². The summed E-state index contributed by atoms with van der Waals surface area (Å²) in [5.41, 5.74) is 0. The van der Waals surface area contributed by atoms with Crippen molar-refractivity contribution >= 4 is 15.9 Å². The Labute approximate surface area is 171 Å². The molecule has 162 valence electrons. The Kier molecular flexibility index (Phi) is 7.61. The van der Waals surface area contributed by atoms with Crippen LogP contribution in [0.1, 0.15) is 51.4 Å². The van der Waals surface area contributed by atoms with Crippen molar-refractivity contribution in [3.8, 4) is 0 Å². The maximum atomic E-state index is 13.0. The molecule has 29 heavy (non-hydrogen) atoms. The molecule has 7 nitrogen and oxygen atoms in total. The van der Waals surface area contributed by atoms with Crippen LogP contribution >= 0.6 is 0 Å². The summed E-state index contributed by atoms with van der Waals surface area (Å²) in [5, 5.41) is 12.7. The number of benzene rings is 1. The Morgan fingerprint density at radius 1 is 1.10 bits per heavy atom. The van der Waals surface area contributed by atoms with Crippen molar-refractivity contribution in [2.45, 2.75) is 80.6 Å². The van der Waals surface area contributed by atoms with Crippen molar-refractivity contribution in [3.05, 3.63) is 30.1 Å². The number of ether oxygens (including phenoxy) is 1. The standard InChI is InChI=1S/C20H29FN2O5S/c21-14-6-9-17(10-7-14)29(26,27)23-18-11-8-16(28-19(18)13-24)12-20(25)22-15-4-2-1-3-5-15/h6-7,9-10,15-16,18-19,23-24H,1-5,8,11-13H2,(H,22,25)/t16-,18+,19+/m0/s1. The lowest BCUT2D eigenvalue weighted by Crippen LogP contribution is -2.51. The predicted octanol–water partition coefficient (Wildman–Crippen LogP) is 1.85. The number of nitrogens with one attached hydrogen (secondary N) is 2. The molecule has 1 heterocycles. The maximum absolute atomic E-state index is 13.0. The minimum atomic E-state index is -3.87. The van der Waals surface area contributed by atoms with Gasteiger partial charge in [0.25, 0.3) is 0 Å². The summed E-state index contributed by atoms with van der Waals surface area (Å²) in [5.74, 6) is -0.587. The predicted molar refractivity (Wildman–Crippen MR) is 105 cm³/mol. The van der Waals surface area contributed by atoms with Gasteiger partial charge in [-0.05, 0) is 49.9 Å². The number of hydrogen-bond acceptors (Lipinski definition) is 5. The molecule has 1 amide bonds. The van der Waals surface area contributed by atoms with Crippen LogP contribution in [0, 0.1) is 5.82 Å². The highest BCUT2D eigenvalue weighted by molar-refractivity contribution is 7.89. The van der Waals surface area contributed by atoms with Crippen LogP contribution in [-0.4, -0.2) is 50.3 Å². The Morgan fingerprint density at radius 2 is 1.79 bits per heavy atom. The van der Waals surface area contributed by atoms with Gasteiger partial charge in [-0.1, -0.05) is 19.3 Å². The van der Waals surface area contributed by atoms with Gasteiger partial charge in [0.1, 0.15) is 5.82 Å². The van der Waals surface area contributed by atoms with E-state index in [1.165, 1.54) is 18.6 Å². The van der Waals surface area contributed by atoms with Crippen molar-refractivity contribution in [2.24, 2.45) is 0 Å². The molecule has 1 aromatic rings. The number of aliphatic hydroxyl groups is 1. The highest BCUT2D eigenvalue weighted by Gasteiger charge is 2.35. The van der Waals surface area contributed by atoms with E-state index in [0.717, 1.165) is 37.8 Å². The van der Waals surface area contributed by atoms with E-state index in [2.05, 4.69) is 10.0 Å². The zero-order valence-electron chi connectivity index (χ0n) is 16.3. The largest absolute Gasteiger partial charge is 0.394 e. The van der Waals surface area contributed by atoms with Gasteiger partial charge in [-0.15, -0.1) is 0 Å². The molecule has 1 aliphatic carbocycles. The van der Waals surface area contributed by atoms with Crippen LogP contribution in [0.25, 0.3) is 0 Å². The number of hydrogen-bond donors (Lipinski definition) is 3. The van der Waals surface area contributed by atoms with Gasteiger partial charge in [-0.2, -0.15) is 0 Å². The Hall–Kier alpha value is -1.55. The first-order chi connectivity index (χ1) is 13.9. The molecule has 2 aliphatic rings. The SMILES string of the molecule is O=C(C[C@@H]1CC[C@@H](NS(=O)(=O)c2ccc(F)cc2)[C@@H](CO)O1)NC1CCCCC1. The lowest BCUT2D eigenvalue weighted by Gasteiger charge is -2.36. The van der Waals surface area contributed by atoms with Gasteiger partial charge < -0.3 is 15.2 Å². The van der Waals surface area contributed by atoms with E-state index < -0.39 is 28.0 Å². The summed E-state index contributed by atoms with van der Waals surface area (Å²) in [6, 6.07) is 4.14. The number of rotatable bonds is 7. The van der Waals surface area contributed by atoms with Gasteiger partial charge in [-0.3, -0.25) is 4.79 Å². The smallest absolute Gasteiger partial charge is 0.240 e. The molecule has 1 aromatic carbocycles. The highest BCUT2D eigenvalue weighted by atomic mass is 32.2. The van der Waals surface area contributed by atoms with Crippen molar-refractivity contribution in [3.63, 3.8) is 0 Å². The summed E-state index contributed by atoms with van der Waals surface area (Å²) in [7, 11) is -3.87. The third kappa shape index (κ3) is 6.21. The van der Waals surface area contributed by atoms with Gasteiger partial charge in [-0.25, -0.2) is 17.5 Å². The molecule has 1 saturated carbocycles. The van der Waals surface area contributed by atoms with Crippen molar-refractivity contribution in [1.29, 1.82) is 0 Å². The van der Waals surface area contributed by atoms with Crippen LogP contribution in [0.5, 0.6) is 0 Å². The molecule has 0 spiro atoms. The molecule has 0 bridgehead atoms. The first-order valence-electron chi connectivity index (χ1n) is 10.2. The quantitative estimate of drug-likeness (QED) is 0.615. The van der Waals surface area contributed by atoms with E-state index in [0.29, 0.717) is 12.8 Å². The molecule has 3 atom stereocenters. The third-order valence-corrected chi connectivity index (χ3v) is 7.12. The van der Waals surface area contributed by atoms with Crippen LogP contribution in [0.3, 0.4) is 0 Å². The Balaban J connectivity index is 1.53. The average molecular weight is 429 g/mol. The molecule has 9 heteroatoms. The fourth-order valence-electron chi connectivity index (χ4n) is 4.04. The lowest BCUT2D eigenvalue weighted by atomic mass is 9.94. The van der Waals surface area contributed by atoms with E-state index in [4.69, 9.17) is 4.74 Å². The van der Waals surface area contributed by atoms with Gasteiger partial charge >= 0.3 is 0 Å². The minimum absolute atomic E-state index is 0.0513. The minimum Gasteiger partial charge on any atom is -0.394 e. The van der Waals surface area contributed by atoms with Crippen LogP contribution < -0.4 is 10.0 Å². The molecular weight excluding hydrogens is 399 g/mol. The normalized spacial score (nSPS) is 26.2. The van der Waals surface area contributed by atoms with Crippen LogP contribution in [0.15, 0.2) is 29.2 Å². The number of halogens is 1. The molecule has 3 N–H and O–H groups in total. The van der Waals surface area contributed by atoms with E-state index in [1.54, 1.807) is 0 Å². The molecule has 1 aliphatic heterocycles. The van der Waals surface area contributed by atoms with E-state index in [1.807, 2.05) is 0 Å². The second-order valence-electron chi connectivity index (χ2n) is 7.84. The average Bonchev–Trinajstić information content (AvgIpc) is 2.70. The van der Waals surface area contributed by atoms with Gasteiger partial charge in [0.05, 0.1) is 36.2 Å². The summed E-state index contributed by atoms with van der Waals surface area (Å²) in [6.07, 6.45) is 5.52. The number of amides is 1. The lowest BCUT2D eigenvalue weighted by molar-refractivity contribution is -0.131. The molecule has 0 aromatic heterocycles. The van der Waals surface area contributed by atoms with Crippen LogP contribution in [0.4, 0.5) is 4.39 Å². The molecule has 0 radical (unpaired) electrons. The monoisotopic (exact) mass is 428 g/mol. The van der Waals surface area contributed by atoms with Crippen LogP contribution in [0.2, 0.25) is 0 Å². The summed E-state index contributed by atoms with van der Waals surface area (Å²) in [6.45, 7) is -0.364.